The number of nitrogens with two attached hydrogens (primary N) is 1. The monoisotopic (exact) mass is 78.1 g/mol. The van der Waals surface area contributed by atoms with Crippen molar-refractivity contribution in [1.29, 1.82) is 0 Å². The minimum atomic E-state index is 0. The molecule has 0 saturated heterocycles. The van der Waals surface area contributed by atoms with Crippen molar-refractivity contribution >= 4 is 0 Å². The predicted molar refractivity (Wildman–Crippen MR) is 28.2 cm³/mol. The molecular weight excluding hydrogens is 62.1 g/mol. The van der Waals surface area contributed by atoms with E-state index in [0.29, 0.717) is 0 Å². The lowest BCUT2D eigenvalue weighted by Crippen LogP contribution is -1.87. The highest BCUT2D eigenvalue weighted by Crippen LogP contribution is 1.20. The highest BCUT2D eigenvalue weighted by molar-refractivity contribution is 4.00. The van der Waals surface area contributed by atoms with E-state index in [1.807, 2.05) is 20.8 Å². The Kier molecular flexibility index (Phi) is 66.8. The summed E-state index contributed by atoms with van der Waals surface area (Å²) in [6.45, 7) is 6.65. The Morgan fingerprint density at radius 1 is 1.60 bits per heavy atom. The summed E-state index contributed by atoms with van der Waals surface area (Å²) in [5.41, 5.74) is 4.85. The van der Waals surface area contributed by atoms with Gasteiger partial charge >= 0.3 is 0 Å². The van der Waals surface area contributed by atoms with Crippen molar-refractivity contribution in [1.82, 2.24) is 0 Å². The van der Waals surface area contributed by atoms with Crippen molar-refractivity contribution in [3.63, 3.8) is 0 Å². The maximum Gasteiger partial charge on any atom is 0 e. The molecule has 36 valence electrons. The van der Waals surface area contributed by atoms with E-state index in [-0.39, 0.29) is 1.43 Å². The highest BCUT2D eigenvalue weighted by atomic mass is 14.5. The first kappa shape index (κ1) is 8.88. The third kappa shape index (κ3) is 9510. The molecule has 0 amide bonds. The van der Waals surface area contributed by atoms with Crippen LogP contribution < -0.4 is 5.73 Å². The molecule has 0 heterocycles. The fraction of sp³-hybridized carbons (Fsp3) is 1.00. The van der Waals surface area contributed by atoms with E-state index in [4.69, 9.17) is 5.73 Å². The minimum Gasteiger partial charge on any atom is -0.331 e. The summed E-state index contributed by atoms with van der Waals surface area (Å²) in [4.78, 5) is 0. The zero-order valence-electron chi connectivity index (χ0n) is 4.28. The van der Waals surface area contributed by atoms with Gasteiger partial charge in [-0.2, -0.15) is 0 Å². The fourth-order valence-corrected chi connectivity index (χ4v) is 0. The molecule has 0 bridgehead atoms. The number of rotatable bonds is 0. The summed E-state index contributed by atoms with van der Waals surface area (Å²) in [6, 6.07) is 0. The summed E-state index contributed by atoms with van der Waals surface area (Å²) in [6.07, 6.45) is 0. The smallest absolute Gasteiger partial charge is 0 e. The van der Waals surface area contributed by atoms with Gasteiger partial charge in [0.15, 0.2) is 0 Å². The molecule has 0 saturated carbocycles. The van der Waals surface area contributed by atoms with Crippen molar-refractivity contribution < 1.29 is 1.43 Å². The van der Waals surface area contributed by atoms with Crippen LogP contribution in [0.15, 0.2) is 0 Å². The number of hydrogen-bond acceptors (Lipinski definition) is 1. The average Bonchev–Trinajstić information content (AvgIpc) is 1.46. The Balaban J connectivity index is -0.0000000275. The summed E-state index contributed by atoms with van der Waals surface area (Å²) >= 11 is 0. The summed E-state index contributed by atoms with van der Waals surface area (Å²) in [5.74, 6) is 0. The molecule has 0 fully saturated rings. The standard InChI is InChI=1S/C2H7N.C2H6.H2/c1-2-3;1-2;/h2-3H2,1H3;1-2H3;1H/i;;1+1. The zero-order valence-corrected chi connectivity index (χ0v) is 4.28. The second kappa shape index (κ2) is 37.6. The molecule has 0 aromatic rings. The molecule has 0 aliphatic rings. The van der Waals surface area contributed by atoms with Crippen LogP contribution in [-0.2, 0) is 0 Å². The molecule has 1 nitrogen and oxygen atoms in total. The molecule has 2 N–H and O–H groups in total. The van der Waals surface area contributed by atoms with Crippen LogP contribution in [0.1, 0.15) is 22.2 Å². The van der Waals surface area contributed by atoms with Gasteiger partial charge in [0.25, 0.3) is 0 Å². The minimum absolute atomic E-state index is 0. The van der Waals surface area contributed by atoms with Crippen molar-refractivity contribution in [2.24, 2.45) is 5.73 Å². The molecule has 0 aliphatic carbocycles. The predicted octanol–water partition coefficient (Wildman–Crippen LogP) is 1.24. The first-order chi connectivity index (χ1) is 2.41. The van der Waals surface area contributed by atoms with E-state index in [1.165, 1.54) is 0 Å². The molecule has 0 spiro atoms. The van der Waals surface area contributed by atoms with E-state index in [0.717, 1.165) is 6.54 Å². The Morgan fingerprint density at radius 3 is 1.60 bits per heavy atom. The van der Waals surface area contributed by atoms with Crippen LogP contribution in [-0.4, -0.2) is 6.54 Å². The summed E-state index contributed by atoms with van der Waals surface area (Å²) in [7, 11) is 0. The summed E-state index contributed by atoms with van der Waals surface area (Å²) < 4.78 is 0. The first-order valence-corrected chi connectivity index (χ1v) is 2.12. The fourth-order valence-electron chi connectivity index (χ4n) is 0. The molecular formula is C4H15N. The van der Waals surface area contributed by atoms with Crippen LogP contribution in [0.3, 0.4) is 0 Å². The molecule has 0 unspecified atom stereocenters. The van der Waals surface area contributed by atoms with Gasteiger partial charge in [-0.3, -0.25) is 0 Å². The van der Waals surface area contributed by atoms with Gasteiger partial charge in [-0.1, -0.05) is 20.8 Å². The molecule has 5 heavy (non-hydrogen) atoms. The maximum atomic E-state index is 4.85. The van der Waals surface area contributed by atoms with Crippen molar-refractivity contribution in [3.8, 4) is 0 Å². The van der Waals surface area contributed by atoms with E-state index in [2.05, 4.69) is 0 Å². The van der Waals surface area contributed by atoms with Gasteiger partial charge in [0.1, 0.15) is 0 Å². The van der Waals surface area contributed by atoms with Crippen LogP contribution in [0.2, 0.25) is 0 Å². The normalized spacial score (nSPS) is 4.80. The van der Waals surface area contributed by atoms with Gasteiger partial charge in [-0.25, -0.2) is 0 Å². The maximum absolute atomic E-state index is 4.85. The van der Waals surface area contributed by atoms with E-state index in [1.54, 1.807) is 0 Å². The SMILES string of the molecule is CC.CCN.[2HH]. The molecule has 0 rings (SSSR count). The van der Waals surface area contributed by atoms with Crippen molar-refractivity contribution in [2.75, 3.05) is 6.54 Å². The third-order valence-corrected chi connectivity index (χ3v) is 0. The van der Waals surface area contributed by atoms with Crippen LogP contribution in [0.25, 0.3) is 0 Å². The Morgan fingerprint density at radius 2 is 1.60 bits per heavy atom. The van der Waals surface area contributed by atoms with Crippen LogP contribution in [0, 0.1) is 0 Å². The molecule has 0 atom stereocenters. The van der Waals surface area contributed by atoms with Gasteiger partial charge in [0.2, 0.25) is 0 Å². The van der Waals surface area contributed by atoms with E-state index < -0.39 is 0 Å². The van der Waals surface area contributed by atoms with Gasteiger partial charge in [0.05, 0.1) is 0 Å². The molecule has 1 heteroatoms. The Hall–Kier alpha value is -0.0400. The van der Waals surface area contributed by atoms with Crippen LogP contribution >= 0.6 is 0 Å². The van der Waals surface area contributed by atoms with Gasteiger partial charge < -0.3 is 5.73 Å². The quantitative estimate of drug-likeness (QED) is 0.463. The molecule has 0 aromatic carbocycles. The highest BCUT2D eigenvalue weighted by Gasteiger charge is 1.32. The average molecular weight is 78.2 g/mol. The lowest BCUT2D eigenvalue weighted by molar-refractivity contribution is 1.14. The Bertz CT molecular complexity index is 7.51. The number of hydrogen-bond donors (Lipinski definition) is 1. The van der Waals surface area contributed by atoms with Gasteiger partial charge in [-0.15, -0.1) is 0 Å². The second-order valence-corrected chi connectivity index (χ2v) is 0.408. The summed E-state index contributed by atoms with van der Waals surface area (Å²) in [5, 5.41) is 0. The lowest BCUT2D eigenvalue weighted by atomic mass is 10.8. The van der Waals surface area contributed by atoms with Gasteiger partial charge in [0, 0.05) is 1.43 Å². The first-order valence-electron chi connectivity index (χ1n) is 2.12. The second-order valence-electron chi connectivity index (χ2n) is 0.408. The van der Waals surface area contributed by atoms with Crippen molar-refractivity contribution in [3.05, 3.63) is 0 Å². The van der Waals surface area contributed by atoms with Crippen LogP contribution in [0.4, 0.5) is 0 Å². The lowest BCUT2D eigenvalue weighted by Gasteiger charge is -1.53. The Labute approximate surface area is 35.7 Å². The zero-order chi connectivity index (χ0) is 4.71. The van der Waals surface area contributed by atoms with Crippen LogP contribution in [0.5, 0.6) is 0 Å². The van der Waals surface area contributed by atoms with E-state index in [9.17, 15) is 0 Å². The van der Waals surface area contributed by atoms with E-state index >= 15 is 0 Å². The van der Waals surface area contributed by atoms with Crippen molar-refractivity contribution in [2.45, 2.75) is 20.8 Å². The topological polar surface area (TPSA) is 26.0 Å². The molecule has 0 aliphatic heterocycles. The molecule has 0 aromatic heterocycles. The largest absolute Gasteiger partial charge is 0.331 e. The third-order valence-electron chi connectivity index (χ3n) is 0. The molecule has 0 radical (unpaired) electrons. The van der Waals surface area contributed by atoms with Gasteiger partial charge in [-0.05, 0) is 6.54 Å².